The van der Waals surface area contributed by atoms with Gasteiger partial charge in [0.05, 0.1) is 0 Å². The molecule has 0 unspecified atom stereocenters. The molecule has 3 aromatic rings. The van der Waals surface area contributed by atoms with Gasteiger partial charge in [-0.15, -0.1) is 0 Å². The van der Waals surface area contributed by atoms with Crippen LogP contribution in [0.2, 0.25) is 5.02 Å². The molecule has 0 bridgehead atoms. The largest absolute Gasteiger partial charge is 0.484 e. The number of hydrogen-bond donors (Lipinski definition) is 1. The highest BCUT2D eigenvalue weighted by molar-refractivity contribution is 6.31. The summed E-state index contributed by atoms with van der Waals surface area (Å²) in [6.07, 6.45) is 1.09. The molecule has 184 valence electrons. The average molecular weight is 497 g/mol. The monoisotopic (exact) mass is 496 g/mol. The van der Waals surface area contributed by atoms with Crippen molar-refractivity contribution >= 4 is 23.4 Å². The molecule has 3 aromatic carbocycles. The van der Waals surface area contributed by atoms with Crippen LogP contribution in [0.25, 0.3) is 0 Å². The van der Waals surface area contributed by atoms with E-state index in [0.29, 0.717) is 17.2 Å². The molecule has 7 heteroatoms. The van der Waals surface area contributed by atoms with Gasteiger partial charge in [-0.1, -0.05) is 67.1 Å². The predicted molar refractivity (Wildman–Crippen MR) is 136 cm³/mol. The molecule has 3 rings (SSSR count). The zero-order valence-corrected chi connectivity index (χ0v) is 20.7. The van der Waals surface area contributed by atoms with Crippen LogP contribution in [0.1, 0.15) is 31.4 Å². The lowest BCUT2D eigenvalue weighted by molar-refractivity contribution is -0.143. The van der Waals surface area contributed by atoms with E-state index in [1.54, 1.807) is 6.07 Å². The minimum Gasteiger partial charge on any atom is -0.484 e. The summed E-state index contributed by atoms with van der Waals surface area (Å²) < 4.78 is 18.9. The number of halogens is 2. The van der Waals surface area contributed by atoms with Crippen molar-refractivity contribution in [3.63, 3.8) is 0 Å². The fourth-order valence-corrected chi connectivity index (χ4v) is 3.76. The van der Waals surface area contributed by atoms with E-state index < -0.39 is 11.9 Å². The van der Waals surface area contributed by atoms with Gasteiger partial charge in [0, 0.05) is 24.0 Å². The maximum absolute atomic E-state index is 13.5. The van der Waals surface area contributed by atoms with E-state index in [2.05, 4.69) is 5.32 Å². The van der Waals surface area contributed by atoms with Crippen LogP contribution >= 0.6 is 11.6 Å². The molecule has 2 atom stereocenters. The van der Waals surface area contributed by atoms with E-state index >= 15 is 0 Å². The van der Waals surface area contributed by atoms with Gasteiger partial charge >= 0.3 is 0 Å². The highest BCUT2D eigenvalue weighted by Gasteiger charge is 2.31. The highest BCUT2D eigenvalue weighted by Crippen LogP contribution is 2.21. The average Bonchev–Trinajstić information content (AvgIpc) is 2.87. The van der Waals surface area contributed by atoms with E-state index in [0.717, 1.165) is 17.5 Å². The van der Waals surface area contributed by atoms with Crippen molar-refractivity contribution in [2.45, 2.75) is 45.3 Å². The maximum atomic E-state index is 13.5. The molecule has 5 nitrogen and oxygen atoms in total. The Kier molecular flexibility index (Phi) is 9.67. The van der Waals surface area contributed by atoms with E-state index in [9.17, 15) is 14.0 Å². The van der Waals surface area contributed by atoms with Crippen molar-refractivity contribution in [2.75, 3.05) is 6.61 Å². The minimum absolute atomic E-state index is 0.0477. The van der Waals surface area contributed by atoms with Gasteiger partial charge in [-0.2, -0.15) is 0 Å². The molecule has 0 aromatic heterocycles. The van der Waals surface area contributed by atoms with Gasteiger partial charge in [-0.3, -0.25) is 9.59 Å². The molecule has 0 aliphatic heterocycles. The van der Waals surface area contributed by atoms with Gasteiger partial charge in [0.1, 0.15) is 17.6 Å². The number of benzene rings is 3. The first-order chi connectivity index (χ1) is 16.9. The Morgan fingerprint density at radius 1 is 1.00 bits per heavy atom. The van der Waals surface area contributed by atoms with Crippen LogP contribution < -0.4 is 10.1 Å². The first kappa shape index (κ1) is 26.2. The summed E-state index contributed by atoms with van der Waals surface area (Å²) in [5.41, 5.74) is 1.65. The summed E-state index contributed by atoms with van der Waals surface area (Å²) in [6, 6.07) is 21.4. The molecular formula is C28H30ClFN2O3. The number of nitrogens with zero attached hydrogens (tertiary/aromatic N) is 1. The van der Waals surface area contributed by atoms with Gasteiger partial charge in [0.2, 0.25) is 5.91 Å². The molecule has 2 amide bonds. The lowest BCUT2D eigenvalue weighted by atomic mass is 10.0. The fourth-order valence-electron chi connectivity index (χ4n) is 3.56. The third-order valence-corrected chi connectivity index (χ3v) is 6.12. The Bertz CT molecular complexity index is 1110. The molecule has 0 spiro atoms. The van der Waals surface area contributed by atoms with Crippen LogP contribution in [0, 0.1) is 5.82 Å². The molecule has 1 N–H and O–H groups in total. The lowest BCUT2D eigenvalue weighted by Crippen LogP contribution is -2.53. The first-order valence-electron chi connectivity index (χ1n) is 11.6. The van der Waals surface area contributed by atoms with Gasteiger partial charge < -0.3 is 15.0 Å². The van der Waals surface area contributed by atoms with Crippen molar-refractivity contribution in [3.05, 3.63) is 101 Å². The summed E-state index contributed by atoms with van der Waals surface area (Å²) in [6.45, 7) is 3.74. The Hall–Kier alpha value is -3.38. The summed E-state index contributed by atoms with van der Waals surface area (Å²) in [5.74, 6) is -0.658. The first-order valence-corrected chi connectivity index (χ1v) is 12.0. The summed E-state index contributed by atoms with van der Waals surface area (Å²) >= 11 is 6.41. The van der Waals surface area contributed by atoms with Crippen LogP contribution in [-0.4, -0.2) is 35.4 Å². The van der Waals surface area contributed by atoms with E-state index in [4.69, 9.17) is 16.3 Å². The molecular weight excluding hydrogens is 467 g/mol. The van der Waals surface area contributed by atoms with Crippen LogP contribution in [0.4, 0.5) is 4.39 Å². The summed E-state index contributed by atoms with van der Waals surface area (Å²) in [5, 5.41) is 3.52. The smallest absolute Gasteiger partial charge is 0.261 e. The normalized spacial score (nSPS) is 12.5. The van der Waals surface area contributed by atoms with Crippen LogP contribution in [-0.2, 0) is 22.6 Å². The maximum Gasteiger partial charge on any atom is 0.261 e. The summed E-state index contributed by atoms with van der Waals surface area (Å²) in [7, 11) is 0. The van der Waals surface area contributed by atoms with Gasteiger partial charge in [-0.05, 0) is 54.8 Å². The molecule has 0 aliphatic carbocycles. The highest BCUT2D eigenvalue weighted by atomic mass is 35.5. The van der Waals surface area contributed by atoms with Gasteiger partial charge in [-0.25, -0.2) is 4.39 Å². The zero-order chi connectivity index (χ0) is 25.2. The number of carbonyl (C=O) groups excluding carboxylic acids is 2. The predicted octanol–water partition coefficient (Wildman–Crippen LogP) is 5.41. The van der Waals surface area contributed by atoms with Gasteiger partial charge in [0.25, 0.3) is 5.91 Å². The second kappa shape index (κ2) is 12.9. The van der Waals surface area contributed by atoms with E-state index in [-0.39, 0.29) is 31.0 Å². The van der Waals surface area contributed by atoms with Crippen molar-refractivity contribution in [3.8, 4) is 5.75 Å². The van der Waals surface area contributed by atoms with Crippen LogP contribution in [0.15, 0.2) is 78.9 Å². The van der Waals surface area contributed by atoms with E-state index in [1.165, 1.54) is 29.2 Å². The topological polar surface area (TPSA) is 58.6 Å². The SMILES string of the molecule is CC[C@H](C)NC(=O)[C@H](Cc1ccccc1)N(Cc1ccccc1Cl)C(=O)COc1ccc(F)cc1. The van der Waals surface area contributed by atoms with Crippen molar-refractivity contribution in [2.24, 2.45) is 0 Å². The summed E-state index contributed by atoms with van der Waals surface area (Å²) in [4.78, 5) is 28.4. The van der Waals surface area contributed by atoms with Crippen molar-refractivity contribution in [1.82, 2.24) is 10.2 Å². The third kappa shape index (κ3) is 7.82. The lowest BCUT2D eigenvalue weighted by Gasteiger charge is -2.32. The number of nitrogens with one attached hydrogen (secondary N) is 1. The quantitative estimate of drug-likeness (QED) is 0.386. The fraction of sp³-hybridized carbons (Fsp3) is 0.286. The minimum atomic E-state index is -0.785. The number of rotatable bonds is 11. The molecule has 0 radical (unpaired) electrons. The van der Waals surface area contributed by atoms with Crippen molar-refractivity contribution < 1.29 is 18.7 Å². The molecule has 35 heavy (non-hydrogen) atoms. The third-order valence-electron chi connectivity index (χ3n) is 5.75. The van der Waals surface area contributed by atoms with Gasteiger partial charge in [0.15, 0.2) is 6.61 Å². The number of amides is 2. The molecule has 0 heterocycles. The Balaban J connectivity index is 1.91. The number of hydrogen-bond acceptors (Lipinski definition) is 3. The zero-order valence-electron chi connectivity index (χ0n) is 19.9. The second-order valence-electron chi connectivity index (χ2n) is 8.38. The van der Waals surface area contributed by atoms with Crippen LogP contribution in [0.5, 0.6) is 5.75 Å². The Morgan fingerprint density at radius 3 is 2.31 bits per heavy atom. The van der Waals surface area contributed by atoms with E-state index in [1.807, 2.05) is 62.4 Å². The Labute approximate surface area is 210 Å². The van der Waals surface area contributed by atoms with Crippen molar-refractivity contribution in [1.29, 1.82) is 0 Å². The molecule has 0 fully saturated rings. The Morgan fingerprint density at radius 2 is 1.66 bits per heavy atom. The standard InChI is InChI=1S/C28H30ClFN2O3/c1-3-20(2)31-28(34)26(17-21-9-5-4-6-10-21)32(18-22-11-7-8-12-25(22)29)27(33)19-35-24-15-13-23(30)14-16-24/h4-16,20,26H,3,17-19H2,1-2H3,(H,31,34)/t20-,26-/m0/s1. The molecule has 0 saturated heterocycles. The van der Waals surface area contributed by atoms with Crippen LogP contribution in [0.3, 0.4) is 0 Å². The molecule has 0 aliphatic rings. The second-order valence-corrected chi connectivity index (χ2v) is 8.79. The number of carbonyl (C=O) groups is 2. The molecule has 0 saturated carbocycles. The number of ether oxygens (including phenoxy) is 1.